The molecule has 2 aromatic rings. The number of pyridine rings is 1. The number of nitrogens with zero attached hydrogens (tertiary/aromatic N) is 2. The van der Waals surface area contributed by atoms with Crippen LogP contribution >= 0.6 is 0 Å². The lowest BCUT2D eigenvalue weighted by molar-refractivity contribution is -0.385. The smallest absolute Gasteiger partial charge is 0.285 e. The molecule has 1 aromatic heterocycles. The van der Waals surface area contributed by atoms with Crippen molar-refractivity contribution in [2.24, 2.45) is 0 Å². The maximum atomic E-state index is 11.6. The Morgan fingerprint density at radius 1 is 1.14 bits per heavy atom. The highest BCUT2D eigenvalue weighted by Gasteiger charge is 2.07. The van der Waals surface area contributed by atoms with Gasteiger partial charge in [-0.3, -0.25) is 14.9 Å². The van der Waals surface area contributed by atoms with Gasteiger partial charge in [-0.1, -0.05) is 17.7 Å². The van der Waals surface area contributed by atoms with Gasteiger partial charge in [-0.25, -0.2) is 0 Å². The monoisotopic (exact) mass is 302 g/mol. The maximum Gasteiger partial charge on any atom is 0.285 e. The van der Waals surface area contributed by atoms with Crippen molar-refractivity contribution < 1.29 is 9.66 Å². The van der Waals surface area contributed by atoms with E-state index in [-0.39, 0.29) is 11.2 Å². The molecule has 1 heterocycles. The average molecular weight is 302 g/mol. The molecule has 0 atom stereocenters. The highest BCUT2D eigenvalue weighted by molar-refractivity contribution is 5.26. The topological polar surface area (TPSA) is 74.4 Å². The van der Waals surface area contributed by atoms with Gasteiger partial charge in [0.15, 0.2) is 0 Å². The average Bonchev–Trinajstić information content (AvgIpc) is 2.50. The molecule has 0 fully saturated rings. The highest BCUT2D eigenvalue weighted by atomic mass is 16.6. The third-order valence-electron chi connectivity index (χ3n) is 3.26. The van der Waals surface area contributed by atoms with Crippen molar-refractivity contribution in [3.05, 3.63) is 68.6 Å². The van der Waals surface area contributed by atoms with E-state index < -0.39 is 4.92 Å². The number of hydrogen-bond acceptors (Lipinski definition) is 4. The summed E-state index contributed by atoms with van der Waals surface area (Å²) in [7, 11) is 0. The predicted molar refractivity (Wildman–Crippen MR) is 83.3 cm³/mol. The molecule has 0 radical (unpaired) electrons. The summed E-state index contributed by atoms with van der Waals surface area (Å²) in [6.45, 7) is 3.01. The zero-order valence-electron chi connectivity index (χ0n) is 12.4. The van der Waals surface area contributed by atoms with Crippen LogP contribution in [0.4, 0.5) is 5.69 Å². The van der Waals surface area contributed by atoms with Gasteiger partial charge in [-0.15, -0.1) is 0 Å². The van der Waals surface area contributed by atoms with E-state index in [2.05, 4.69) is 0 Å². The molecule has 0 saturated carbocycles. The summed E-state index contributed by atoms with van der Waals surface area (Å²) < 4.78 is 6.96. The van der Waals surface area contributed by atoms with Crippen LogP contribution in [0.5, 0.6) is 5.75 Å². The Kier molecular flexibility index (Phi) is 5.30. The molecule has 0 aliphatic rings. The first-order valence-corrected chi connectivity index (χ1v) is 7.10. The quantitative estimate of drug-likeness (QED) is 0.448. The molecule has 6 nitrogen and oxygen atoms in total. The number of ether oxygens (including phenoxy) is 1. The van der Waals surface area contributed by atoms with Gasteiger partial charge in [0.1, 0.15) is 5.75 Å². The third-order valence-corrected chi connectivity index (χ3v) is 3.26. The molecule has 0 aliphatic carbocycles. The molecule has 0 aliphatic heterocycles. The molecule has 0 saturated heterocycles. The number of nitro groups is 1. The standard InChI is InChI=1S/C16H18N2O4/c1-13-4-7-15(8-5-13)22-11-3-2-10-17-12-14(18(20)21)6-9-16(17)19/h4-9,12H,2-3,10-11H2,1H3. The van der Waals surface area contributed by atoms with Crippen molar-refractivity contribution in [1.29, 1.82) is 0 Å². The van der Waals surface area contributed by atoms with Crippen molar-refractivity contribution >= 4 is 5.69 Å². The largest absolute Gasteiger partial charge is 0.494 e. The van der Waals surface area contributed by atoms with Crippen LogP contribution in [0, 0.1) is 17.0 Å². The van der Waals surface area contributed by atoms with Crippen LogP contribution in [0.1, 0.15) is 18.4 Å². The minimum Gasteiger partial charge on any atom is -0.494 e. The Hall–Kier alpha value is -2.63. The summed E-state index contributed by atoms with van der Waals surface area (Å²) in [6.07, 6.45) is 2.76. The van der Waals surface area contributed by atoms with Gasteiger partial charge in [-0.2, -0.15) is 0 Å². The number of hydrogen-bond donors (Lipinski definition) is 0. The second kappa shape index (κ2) is 7.40. The number of unbranched alkanes of at least 4 members (excludes halogenated alkanes) is 1. The Morgan fingerprint density at radius 2 is 1.86 bits per heavy atom. The summed E-state index contributed by atoms with van der Waals surface area (Å²) in [5.74, 6) is 0.818. The van der Waals surface area contributed by atoms with Gasteiger partial charge in [0.2, 0.25) is 0 Å². The van der Waals surface area contributed by atoms with E-state index in [0.29, 0.717) is 19.6 Å². The van der Waals surface area contributed by atoms with E-state index in [4.69, 9.17) is 4.74 Å². The maximum absolute atomic E-state index is 11.6. The molecule has 0 spiro atoms. The minimum absolute atomic E-state index is 0.0736. The molecule has 1 aromatic carbocycles. The van der Waals surface area contributed by atoms with Gasteiger partial charge < -0.3 is 9.30 Å². The summed E-state index contributed by atoms with van der Waals surface area (Å²) in [4.78, 5) is 21.8. The molecule has 0 unspecified atom stereocenters. The highest BCUT2D eigenvalue weighted by Crippen LogP contribution is 2.12. The van der Waals surface area contributed by atoms with Gasteiger partial charge >= 0.3 is 0 Å². The summed E-state index contributed by atoms with van der Waals surface area (Å²) in [5.41, 5.74) is 0.873. The van der Waals surface area contributed by atoms with Crippen LogP contribution in [0.25, 0.3) is 0 Å². The molecule has 2 rings (SSSR count). The molecular formula is C16H18N2O4. The Bertz CT molecular complexity index is 692. The fraction of sp³-hybridized carbons (Fsp3) is 0.312. The molecule has 22 heavy (non-hydrogen) atoms. The van der Waals surface area contributed by atoms with Crippen molar-refractivity contribution in [2.45, 2.75) is 26.3 Å². The van der Waals surface area contributed by atoms with Crippen LogP contribution in [-0.2, 0) is 6.54 Å². The molecule has 6 heteroatoms. The fourth-order valence-corrected chi connectivity index (χ4v) is 2.01. The van der Waals surface area contributed by atoms with Crippen molar-refractivity contribution in [1.82, 2.24) is 4.57 Å². The van der Waals surface area contributed by atoms with E-state index in [0.717, 1.165) is 12.2 Å². The van der Waals surface area contributed by atoms with E-state index in [1.54, 1.807) is 0 Å². The van der Waals surface area contributed by atoms with Gasteiger partial charge in [0, 0.05) is 18.7 Å². The van der Waals surface area contributed by atoms with Crippen molar-refractivity contribution in [3.8, 4) is 5.75 Å². The fourth-order valence-electron chi connectivity index (χ4n) is 2.01. The number of aromatic nitrogens is 1. The Labute approximate surface area is 128 Å². The number of benzene rings is 1. The molecular weight excluding hydrogens is 284 g/mol. The number of aryl methyl sites for hydroxylation is 2. The van der Waals surface area contributed by atoms with E-state index in [9.17, 15) is 14.9 Å². The zero-order valence-corrected chi connectivity index (χ0v) is 12.4. The van der Waals surface area contributed by atoms with E-state index in [1.165, 1.54) is 28.5 Å². The molecule has 116 valence electrons. The molecule has 0 N–H and O–H groups in total. The van der Waals surface area contributed by atoms with Crippen LogP contribution in [0.3, 0.4) is 0 Å². The Balaban J connectivity index is 1.79. The number of rotatable bonds is 7. The predicted octanol–water partition coefficient (Wildman–Crippen LogP) is 2.92. The van der Waals surface area contributed by atoms with Crippen molar-refractivity contribution in [3.63, 3.8) is 0 Å². The lowest BCUT2D eigenvalue weighted by Gasteiger charge is -2.07. The van der Waals surface area contributed by atoms with Gasteiger partial charge in [0.25, 0.3) is 11.2 Å². The van der Waals surface area contributed by atoms with Crippen LogP contribution in [-0.4, -0.2) is 16.1 Å². The summed E-state index contributed by atoms with van der Waals surface area (Å²) >= 11 is 0. The molecule has 0 amide bonds. The Morgan fingerprint density at radius 3 is 2.55 bits per heavy atom. The first-order chi connectivity index (χ1) is 10.6. The normalized spacial score (nSPS) is 10.4. The van der Waals surface area contributed by atoms with Gasteiger partial charge in [-0.05, 0) is 31.9 Å². The van der Waals surface area contributed by atoms with E-state index >= 15 is 0 Å². The first kappa shape index (κ1) is 15.8. The third kappa shape index (κ3) is 4.44. The minimum atomic E-state index is -0.504. The first-order valence-electron chi connectivity index (χ1n) is 7.10. The van der Waals surface area contributed by atoms with Crippen LogP contribution in [0.15, 0.2) is 47.4 Å². The van der Waals surface area contributed by atoms with Crippen LogP contribution in [0.2, 0.25) is 0 Å². The van der Waals surface area contributed by atoms with Crippen molar-refractivity contribution in [2.75, 3.05) is 6.61 Å². The lowest BCUT2D eigenvalue weighted by atomic mass is 10.2. The molecule has 0 bridgehead atoms. The summed E-state index contributed by atoms with van der Waals surface area (Å²) in [6, 6.07) is 10.2. The second-order valence-corrected chi connectivity index (χ2v) is 5.04. The zero-order chi connectivity index (χ0) is 15.9. The second-order valence-electron chi connectivity index (χ2n) is 5.04. The summed E-state index contributed by atoms with van der Waals surface area (Å²) in [5, 5.41) is 10.7. The van der Waals surface area contributed by atoms with E-state index in [1.807, 2.05) is 31.2 Å². The van der Waals surface area contributed by atoms with Crippen LogP contribution < -0.4 is 10.3 Å². The lowest BCUT2D eigenvalue weighted by Crippen LogP contribution is -2.19. The SMILES string of the molecule is Cc1ccc(OCCCCn2cc([N+](=O)[O-])ccc2=O)cc1. The van der Waals surface area contributed by atoms with Gasteiger partial charge in [0.05, 0.1) is 17.7 Å².